The van der Waals surface area contributed by atoms with Crippen molar-refractivity contribution < 1.29 is 9.90 Å². The smallest absolute Gasteiger partial charge is 0.354 e. The Hall–Kier alpha value is -1.60. The highest BCUT2D eigenvalue weighted by Crippen LogP contribution is 2.16. The lowest BCUT2D eigenvalue weighted by molar-refractivity contribution is 0.0688. The maximum atomic E-state index is 11.2. The van der Waals surface area contributed by atoms with Crippen LogP contribution in [0, 0.1) is 5.92 Å². The van der Waals surface area contributed by atoms with Crippen molar-refractivity contribution in [3.05, 3.63) is 21.9 Å². The molecule has 1 aliphatic heterocycles. The Balaban J connectivity index is 1.95. The SMILES string of the molecule is CN1CCC[C@@H](CN(C)Cc2[nH]c(=O)[nH]c2C(=O)O)C1. The molecular formula is C13H22N4O3. The van der Waals surface area contributed by atoms with Crippen LogP contribution in [0.2, 0.25) is 0 Å². The van der Waals surface area contributed by atoms with Crippen LogP contribution in [0.25, 0.3) is 0 Å². The lowest BCUT2D eigenvalue weighted by Gasteiger charge is -2.32. The fraction of sp³-hybridized carbons (Fsp3) is 0.692. The molecule has 1 atom stereocenters. The maximum absolute atomic E-state index is 11.2. The third-order valence-corrected chi connectivity index (χ3v) is 3.74. The largest absolute Gasteiger partial charge is 0.477 e. The summed E-state index contributed by atoms with van der Waals surface area (Å²) in [5.41, 5.74) is -0.0695. The first-order valence-corrected chi connectivity index (χ1v) is 6.87. The number of nitrogens with one attached hydrogen (secondary N) is 2. The first kappa shape index (κ1) is 14.8. The Morgan fingerprint density at radius 1 is 1.50 bits per heavy atom. The molecule has 112 valence electrons. The van der Waals surface area contributed by atoms with Crippen LogP contribution in [0.1, 0.15) is 29.0 Å². The van der Waals surface area contributed by atoms with Crippen molar-refractivity contribution in [2.75, 3.05) is 33.7 Å². The first-order valence-electron chi connectivity index (χ1n) is 6.87. The zero-order chi connectivity index (χ0) is 14.7. The molecule has 1 fully saturated rings. The minimum absolute atomic E-state index is 0.0392. The number of H-pyrrole nitrogens is 2. The molecule has 0 bridgehead atoms. The van der Waals surface area contributed by atoms with Crippen LogP contribution < -0.4 is 5.69 Å². The van der Waals surface area contributed by atoms with Gasteiger partial charge in [0.15, 0.2) is 0 Å². The lowest BCUT2D eigenvalue weighted by atomic mass is 9.98. The molecule has 1 aromatic rings. The van der Waals surface area contributed by atoms with Gasteiger partial charge in [0.25, 0.3) is 0 Å². The van der Waals surface area contributed by atoms with Crippen LogP contribution >= 0.6 is 0 Å². The van der Waals surface area contributed by atoms with Gasteiger partial charge in [0.1, 0.15) is 5.69 Å². The van der Waals surface area contributed by atoms with Gasteiger partial charge in [0, 0.05) is 19.6 Å². The summed E-state index contributed by atoms with van der Waals surface area (Å²) < 4.78 is 0. The lowest BCUT2D eigenvalue weighted by Crippen LogP contribution is -2.38. The van der Waals surface area contributed by atoms with E-state index >= 15 is 0 Å². The minimum Gasteiger partial charge on any atom is -0.477 e. The van der Waals surface area contributed by atoms with Gasteiger partial charge in [-0.3, -0.25) is 4.98 Å². The molecule has 2 rings (SSSR count). The molecular weight excluding hydrogens is 260 g/mol. The highest BCUT2D eigenvalue weighted by Gasteiger charge is 2.20. The molecule has 0 saturated carbocycles. The first-order chi connectivity index (χ1) is 9.45. The Bertz CT molecular complexity index is 522. The van der Waals surface area contributed by atoms with Crippen LogP contribution in [0.15, 0.2) is 4.79 Å². The van der Waals surface area contributed by atoms with E-state index in [-0.39, 0.29) is 5.69 Å². The average Bonchev–Trinajstić information content (AvgIpc) is 2.70. The predicted molar refractivity (Wildman–Crippen MR) is 74.9 cm³/mol. The quantitative estimate of drug-likeness (QED) is 0.716. The van der Waals surface area contributed by atoms with Crippen LogP contribution in [0.4, 0.5) is 0 Å². The Labute approximate surface area is 117 Å². The molecule has 0 aliphatic carbocycles. The van der Waals surface area contributed by atoms with Gasteiger partial charge < -0.3 is 19.9 Å². The van der Waals surface area contributed by atoms with E-state index in [1.165, 1.54) is 12.8 Å². The summed E-state index contributed by atoms with van der Waals surface area (Å²) in [5, 5.41) is 9.03. The molecule has 1 aliphatic rings. The van der Waals surface area contributed by atoms with Gasteiger partial charge in [-0.2, -0.15) is 0 Å². The number of aromatic carboxylic acids is 1. The second kappa shape index (κ2) is 6.23. The summed E-state index contributed by atoms with van der Waals surface area (Å²) >= 11 is 0. The van der Waals surface area contributed by atoms with Crippen molar-refractivity contribution in [1.29, 1.82) is 0 Å². The summed E-state index contributed by atoms with van der Waals surface area (Å²) in [5.74, 6) is -0.512. The number of hydrogen-bond acceptors (Lipinski definition) is 4. The standard InChI is InChI=1S/C13H22N4O3/c1-16-5-3-4-9(6-16)7-17(2)8-10-11(12(18)19)15-13(20)14-10/h9H,3-8H2,1-2H3,(H,18,19)(H2,14,15,20)/t9-/m1/s1. The molecule has 3 N–H and O–H groups in total. The molecule has 1 saturated heterocycles. The molecule has 0 amide bonds. The summed E-state index contributed by atoms with van der Waals surface area (Å²) in [6.07, 6.45) is 2.40. The number of aromatic nitrogens is 2. The van der Waals surface area contributed by atoms with Crippen LogP contribution in [0.3, 0.4) is 0 Å². The van der Waals surface area contributed by atoms with Gasteiger partial charge >= 0.3 is 11.7 Å². The molecule has 0 radical (unpaired) electrons. The van der Waals surface area contributed by atoms with Crippen molar-refractivity contribution in [2.45, 2.75) is 19.4 Å². The van der Waals surface area contributed by atoms with Gasteiger partial charge in [0.05, 0.1) is 5.69 Å². The number of carboxylic acid groups (broad SMARTS) is 1. The van der Waals surface area contributed by atoms with Gasteiger partial charge in [-0.25, -0.2) is 9.59 Å². The normalized spacial score (nSPS) is 20.4. The van der Waals surface area contributed by atoms with E-state index in [9.17, 15) is 9.59 Å². The number of likely N-dealkylation sites (tertiary alicyclic amines) is 1. The van der Waals surface area contributed by atoms with Crippen molar-refractivity contribution in [1.82, 2.24) is 19.8 Å². The summed E-state index contributed by atoms with van der Waals surface area (Å²) in [4.78, 5) is 31.5. The number of aromatic amines is 2. The molecule has 0 aromatic carbocycles. The molecule has 0 unspecified atom stereocenters. The third kappa shape index (κ3) is 3.71. The zero-order valence-electron chi connectivity index (χ0n) is 12.0. The summed E-state index contributed by atoms with van der Waals surface area (Å²) in [6, 6.07) is 0. The van der Waals surface area contributed by atoms with Crippen molar-refractivity contribution in [3.8, 4) is 0 Å². The van der Waals surface area contributed by atoms with E-state index < -0.39 is 11.7 Å². The van der Waals surface area contributed by atoms with Gasteiger partial charge in [-0.05, 0) is 39.4 Å². The Kier molecular flexibility index (Phi) is 4.61. The van der Waals surface area contributed by atoms with E-state index in [1.54, 1.807) is 0 Å². The zero-order valence-corrected chi connectivity index (χ0v) is 12.0. The van der Waals surface area contributed by atoms with Crippen molar-refractivity contribution >= 4 is 5.97 Å². The molecule has 20 heavy (non-hydrogen) atoms. The minimum atomic E-state index is -1.11. The van der Waals surface area contributed by atoms with Gasteiger partial charge in [0.2, 0.25) is 0 Å². The van der Waals surface area contributed by atoms with E-state index in [0.717, 1.165) is 19.6 Å². The monoisotopic (exact) mass is 282 g/mol. The van der Waals surface area contributed by atoms with Gasteiger partial charge in [-0.1, -0.05) is 0 Å². The second-order valence-corrected chi connectivity index (χ2v) is 5.71. The molecule has 0 spiro atoms. The number of nitrogens with zero attached hydrogens (tertiary/aromatic N) is 2. The van der Waals surface area contributed by atoms with E-state index in [2.05, 4.69) is 26.8 Å². The summed E-state index contributed by atoms with van der Waals surface area (Å²) in [7, 11) is 4.07. The number of carboxylic acids is 1. The maximum Gasteiger partial charge on any atom is 0.354 e. The number of rotatable bonds is 5. The topological polar surface area (TPSA) is 92.4 Å². The Morgan fingerprint density at radius 2 is 2.25 bits per heavy atom. The highest BCUT2D eigenvalue weighted by atomic mass is 16.4. The fourth-order valence-electron chi connectivity index (χ4n) is 2.92. The fourth-order valence-corrected chi connectivity index (χ4v) is 2.92. The predicted octanol–water partition coefficient (Wildman–Crippen LogP) is 0.175. The van der Waals surface area contributed by atoms with E-state index in [0.29, 0.717) is 18.2 Å². The molecule has 7 nitrogen and oxygen atoms in total. The molecule has 7 heteroatoms. The van der Waals surface area contributed by atoms with Crippen LogP contribution in [-0.4, -0.2) is 64.6 Å². The molecule has 1 aromatic heterocycles. The van der Waals surface area contributed by atoms with Crippen molar-refractivity contribution in [2.24, 2.45) is 5.92 Å². The number of piperidine rings is 1. The second-order valence-electron chi connectivity index (χ2n) is 5.71. The van der Waals surface area contributed by atoms with Gasteiger partial charge in [-0.15, -0.1) is 0 Å². The summed E-state index contributed by atoms with van der Waals surface area (Å²) in [6.45, 7) is 3.55. The number of hydrogen-bond donors (Lipinski definition) is 3. The number of carbonyl (C=O) groups is 1. The molecule has 2 heterocycles. The van der Waals surface area contributed by atoms with Crippen LogP contribution in [-0.2, 0) is 6.54 Å². The van der Waals surface area contributed by atoms with Crippen molar-refractivity contribution in [3.63, 3.8) is 0 Å². The van der Waals surface area contributed by atoms with Crippen LogP contribution in [0.5, 0.6) is 0 Å². The van der Waals surface area contributed by atoms with E-state index in [4.69, 9.17) is 5.11 Å². The van der Waals surface area contributed by atoms with E-state index in [1.807, 2.05) is 7.05 Å². The number of imidazole rings is 1. The Morgan fingerprint density at radius 3 is 2.90 bits per heavy atom. The average molecular weight is 282 g/mol. The highest BCUT2D eigenvalue weighted by molar-refractivity contribution is 5.86. The third-order valence-electron chi connectivity index (χ3n) is 3.74.